The third-order valence-corrected chi connectivity index (χ3v) is 4.21. The van der Waals surface area contributed by atoms with Crippen molar-refractivity contribution < 1.29 is 9.53 Å². The molecular formula is C13H25ClN2O2. The molecule has 0 aromatic rings. The molecule has 0 spiro atoms. The summed E-state index contributed by atoms with van der Waals surface area (Å²) < 4.78 is 5.68. The van der Waals surface area contributed by atoms with Crippen LogP contribution in [0.4, 0.5) is 0 Å². The Morgan fingerprint density at radius 2 is 2.17 bits per heavy atom. The lowest BCUT2D eigenvalue weighted by Gasteiger charge is -2.30. The quantitative estimate of drug-likeness (QED) is 0.821. The van der Waals surface area contributed by atoms with Gasteiger partial charge in [0.2, 0.25) is 5.91 Å². The number of amides is 1. The molecular weight excluding hydrogens is 252 g/mol. The maximum Gasteiger partial charge on any atom is 0.240 e. The van der Waals surface area contributed by atoms with Gasteiger partial charge in [0.05, 0.1) is 11.1 Å². The number of carbonyl (C=O) groups is 1. The predicted octanol–water partition coefficient (Wildman–Crippen LogP) is 1.63. The summed E-state index contributed by atoms with van der Waals surface area (Å²) in [7, 11) is 0. The van der Waals surface area contributed by atoms with Gasteiger partial charge < -0.3 is 15.4 Å². The highest BCUT2D eigenvalue weighted by Gasteiger charge is 2.40. The second kappa shape index (κ2) is 6.22. The Morgan fingerprint density at radius 3 is 2.67 bits per heavy atom. The van der Waals surface area contributed by atoms with Crippen LogP contribution in [0, 0.1) is 0 Å². The summed E-state index contributed by atoms with van der Waals surface area (Å²) in [5, 5.41) is 6.43. The summed E-state index contributed by atoms with van der Waals surface area (Å²) in [6.07, 6.45) is 5.04. The molecule has 2 atom stereocenters. The fraction of sp³-hybridized carbons (Fsp3) is 0.923. The molecule has 4 nitrogen and oxygen atoms in total. The van der Waals surface area contributed by atoms with Gasteiger partial charge in [-0.3, -0.25) is 4.79 Å². The average molecular weight is 277 g/mol. The average Bonchev–Trinajstić information content (AvgIpc) is 2.96. The largest absolute Gasteiger partial charge is 0.373 e. The predicted molar refractivity (Wildman–Crippen MR) is 74.1 cm³/mol. The smallest absolute Gasteiger partial charge is 0.240 e. The molecule has 2 N–H and O–H groups in total. The van der Waals surface area contributed by atoms with E-state index in [2.05, 4.69) is 24.5 Å². The van der Waals surface area contributed by atoms with Gasteiger partial charge in [0, 0.05) is 13.2 Å². The monoisotopic (exact) mass is 276 g/mol. The number of hydrogen-bond donors (Lipinski definition) is 2. The topological polar surface area (TPSA) is 50.4 Å². The van der Waals surface area contributed by atoms with Crippen LogP contribution in [0.1, 0.15) is 46.0 Å². The van der Waals surface area contributed by atoms with Gasteiger partial charge in [-0.15, -0.1) is 12.4 Å². The van der Waals surface area contributed by atoms with Gasteiger partial charge >= 0.3 is 0 Å². The molecule has 0 radical (unpaired) electrons. The van der Waals surface area contributed by atoms with E-state index in [0.717, 1.165) is 45.3 Å². The molecule has 106 valence electrons. The molecule has 0 bridgehead atoms. The van der Waals surface area contributed by atoms with E-state index >= 15 is 0 Å². The van der Waals surface area contributed by atoms with Crippen LogP contribution in [-0.2, 0) is 9.53 Å². The van der Waals surface area contributed by atoms with Crippen molar-refractivity contribution >= 4 is 18.3 Å². The van der Waals surface area contributed by atoms with Crippen LogP contribution < -0.4 is 10.6 Å². The van der Waals surface area contributed by atoms with E-state index in [4.69, 9.17) is 4.74 Å². The van der Waals surface area contributed by atoms with Crippen molar-refractivity contribution in [2.45, 2.75) is 57.1 Å². The zero-order chi connectivity index (χ0) is 12.4. The first kappa shape index (κ1) is 15.7. The minimum atomic E-state index is -0.324. The van der Waals surface area contributed by atoms with Gasteiger partial charge in [-0.2, -0.15) is 0 Å². The van der Waals surface area contributed by atoms with Crippen LogP contribution >= 0.6 is 12.4 Å². The fourth-order valence-corrected chi connectivity index (χ4v) is 2.88. The lowest BCUT2D eigenvalue weighted by atomic mass is 9.92. The van der Waals surface area contributed by atoms with E-state index < -0.39 is 0 Å². The maximum atomic E-state index is 12.3. The number of halogens is 1. The molecule has 2 aliphatic heterocycles. The molecule has 1 amide bonds. The zero-order valence-electron chi connectivity index (χ0n) is 11.4. The Morgan fingerprint density at radius 1 is 1.39 bits per heavy atom. The number of carbonyl (C=O) groups excluding carboxylic acids is 1. The van der Waals surface area contributed by atoms with Crippen LogP contribution in [0.5, 0.6) is 0 Å². The zero-order valence-corrected chi connectivity index (χ0v) is 12.2. The molecule has 0 saturated carbocycles. The normalized spacial score (nSPS) is 35.2. The lowest BCUT2D eigenvalue weighted by molar-refractivity contribution is -0.128. The molecule has 2 fully saturated rings. The van der Waals surface area contributed by atoms with Crippen molar-refractivity contribution in [3.05, 3.63) is 0 Å². The van der Waals surface area contributed by atoms with Crippen LogP contribution in [0.3, 0.4) is 0 Å². The van der Waals surface area contributed by atoms with Crippen molar-refractivity contribution in [2.75, 3.05) is 19.7 Å². The summed E-state index contributed by atoms with van der Waals surface area (Å²) in [5.41, 5.74) is -0.474. The molecule has 2 aliphatic rings. The summed E-state index contributed by atoms with van der Waals surface area (Å²) in [6, 6.07) is 0. The third kappa shape index (κ3) is 3.16. The van der Waals surface area contributed by atoms with E-state index in [1.807, 2.05) is 0 Å². The molecule has 0 aromatic heterocycles. The van der Waals surface area contributed by atoms with E-state index in [-0.39, 0.29) is 29.5 Å². The first-order chi connectivity index (χ1) is 8.10. The van der Waals surface area contributed by atoms with Gasteiger partial charge in [0.15, 0.2) is 0 Å². The molecule has 0 aliphatic carbocycles. The summed E-state index contributed by atoms with van der Waals surface area (Å²) >= 11 is 0. The molecule has 2 saturated heterocycles. The van der Waals surface area contributed by atoms with Gasteiger partial charge in [-0.1, -0.05) is 6.92 Å². The number of ether oxygens (including phenoxy) is 1. The summed E-state index contributed by atoms with van der Waals surface area (Å²) in [4.78, 5) is 12.3. The molecule has 0 aromatic carbocycles. The van der Waals surface area contributed by atoms with Gasteiger partial charge in [0.25, 0.3) is 0 Å². The van der Waals surface area contributed by atoms with E-state index in [1.54, 1.807) is 0 Å². The highest BCUT2D eigenvalue weighted by atomic mass is 35.5. The van der Waals surface area contributed by atoms with Crippen molar-refractivity contribution in [3.63, 3.8) is 0 Å². The van der Waals surface area contributed by atoms with Crippen molar-refractivity contribution in [2.24, 2.45) is 0 Å². The van der Waals surface area contributed by atoms with Crippen molar-refractivity contribution in [1.82, 2.24) is 10.6 Å². The Balaban J connectivity index is 0.00000162. The first-order valence-electron chi connectivity index (χ1n) is 6.78. The van der Waals surface area contributed by atoms with E-state index in [0.29, 0.717) is 6.54 Å². The molecule has 2 heterocycles. The third-order valence-electron chi connectivity index (χ3n) is 4.21. The van der Waals surface area contributed by atoms with Crippen molar-refractivity contribution in [1.29, 1.82) is 0 Å². The highest BCUT2D eigenvalue weighted by Crippen LogP contribution is 2.26. The Labute approximate surface area is 116 Å². The molecule has 2 unspecified atom stereocenters. The summed E-state index contributed by atoms with van der Waals surface area (Å²) in [6.45, 7) is 6.57. The van der Waals surface area contributed by atoms with E-state index in [1.165, 1.54) is 0 Å². The minimum Gasteiger partial charge on any atom is -0.373 e. The summed E-state index contributed by atoms with van der Waals surface area (Å²) in [5.74, 6) is 0.147. The Bertz CT molecular complexity index is 285. The van der Waals surface area contributed by atoms with Crippen LogP contribution in [0.25, 0.3) is 0 Å². The van der Waals surface area contributed by atoms with E-state index in [9.17, 15) is 4.79 Å². The van der Waals surface area contributed by atoms with Crippen LogP contribution in [0.2, 0.25) is 0 Å². The molecule has 5 heteroatoms. The van der Waals surface area contributed by atoms with Gasteiger partial charge in [-0.25, -0.2) is 0 Å². The number of hydrogen-bond acceptors (Lipinski definition) is 3. The SMILES string of the molecule is CCC1(C(=O)NCC2(C)CCCO2)CCCN1.Cl. The maximum absolute atomic E-state index is 12.3. The second-order valence-electron chi connectivity index (χ2n) is 5.55. The fourth-order valence-electron chi connectivity index (χ4n) is 2.88. The molecule has 2 rings (SSSR count). The molecule has 18 heavy (non-hydrogen) atoms. The number of rotatable bonds is 4. The minimum absolute atomic E-state index is 0. The highest BCUT2D eigenvalue weighted by molar-refractivity contribution is 5.86. The second-order valence-corrected chi connectivity index (χ2v) is 5.55. The Hall–Kier alpha value is -0.320. The lowest BCUT2D eigenvalue weighted by Crippen LogP contribution is -2.55. The van der Waals surface area contributed by atoms with Crippen LogP contribution in [0.15, 0.2) is 0 Å². The van der Waals surface area contributed by atoms with Crippen LogP contribution in [-0.4, -0.2) is 36.7 Å². The first-order valence-corrected chi connectivity index (χ1v) is 6.78. The Kier molecular flexibility index (Phi) is 5.44. The van der Waals surface area contributed by atoms with Gasteiger partial charge in [0.1, 0.15) is 0 Å². The number of nitrogens with one attached hydrogen (secondary N) is 2. The van der Waals surface area contributed by atoms with Crippen molar-refractivity contribution in [3.8, 4) is 0 Å². The standard InChI is InChI=1S/C13H24N2O2.ClH/c1-3-13(7-4-8-15-13)11(16)14-10-12(2)6-5-9-17-12;/h15H,3-10H2,1-2H3,(H,14,16);1H. The van der Waals surface area contributed by atoms with Gasteiger partial charge in [-0.05, 0) is 45.6 Å².